The van der Waals surface area contributed by atoms with Crippen LogP contribution in [0.5, 0.6) is 6.01 Å². The Morgan fingerprint density at radius 1 is 1.11 bits per heavy atom. The van der Waals surface area contributed by atoms with Crippen LogP contribution < -0.4 is 9.64 Å². The molecule has 196 valence electrons. The highest BCUT2D eigenvalue weighted by Gasteiger charge is 2.40. The number of nitrogens with zero attached hydrogens (tertiary/aromatic N) is 4. The molecule has 0 bridgehead atoms. The van der Waals surface area contributed by atoms with Gasteiger partial charge in [0.15, 0.2) is 5.65 Å². The first kappa shape index (κ1) is 25.3. The number of nitrogens with one attached hydrogen (secondary N) is 1. The van der Waals surface area contributed by atoms with Gasteiger partial charge in [0, 0.05) is 50.3 Å². The van der Waals surface area contributed by atoms with Gasteiger partial charge >= 0.3 is 5.97 Å². The maximum atomic E-state index is 12.6. The molecule has 2 aromatic heterocycles. The van der Waals surface area contributed by atoms with Crippen molar-refractivity contribution in [2.24, 2.45) is 5.41 Å². The number of aromatic amines is 1. The number of hydrogen-bond donors (Lipinski definition) is 2. The Morgan fingerprint density at radius 2 is 1.78 bits per heavy atom. The lowest BCUT2D eigenvalue weighted by Crippen LogP contribution is -2.49. The quantitative estimate of drug-likeness (QED) is 0.466. The van der Waals surface area contributed by atoms with Gasteiger partial charge in [0.2, 0.25) is 5.91 Å². The lowest BCUT2D eigenvalue weighted by Gasteiger charge is -2.35. The van der Waals surface area contributed by atoms with Crippen LogP contribution in [0.3, 0.4) is 0 Å². The minimum Gasteiger partial charge on any atom is -0.480 e. The summed E-state index contributed by atoms with van der Waals surface area (Å²) in [4.78, 5) is 40.2. The van der Waals surface area contributed by atoms with Crippen molar-refractivity contribution in [1.82, 2.24) is 19.9 Å². The van der Waals surface area contributed by atoms with Crippen LogP contribution in [0.1, 0.15) is 26.7 Å². The number of fused-ring (bicyclic) bond motifs is 1. The number of pyridine rings is 1. The number of imidazole rings is 1. The third kappa shape index (κ3) is 5.21. The Hall–Kier alpha value is -3.37. The van der Waals surface area contributed by atoms with Crippen molar-refractivity contribution >= 4 is 40.3 Å². The molecule has 2 aliphatic rings. The number of hydrogen-bond acceptors (Lipinski definition) is 7. The predicted octanol–water partition coefficient (Wildman–Crippen LogP) is 3.60. The summed E-state index contributed by atoms with van der Waals surface area (Å²) in [6, 6.07) is 10.3. The zero-order chi connectivity index (χ0) is 26.2. The second-order valence-electron chi connectivity index (χ2n) is 9.92. The maximum Gasteiger partial charge on any atom is 0.318 e. The van der Waals surface area contributed by atoms with Gasteiger partial charge in [-0.1, -0.05) is 23.7 Å². The monoisotopic (exact) mass is 527 g/mol. The number of carbonyl (C=O) groups excluding carboxylic acids is 1. The van der Waals surface area contributed by atoms with Crippen molar-refractivity contribution in [3.63, 3.8) is 0 Å². The van der Waals surface area contributed by atoms with Gasteiger partial charge in [0.25, 0.3) is 6.01 Å². The number of anilines is 1. The summed E-state index contributed by atoms with van der Waals surface area (Å²) in [5, 5.41) is 9.84. The van der Waals surface area contributed by atoms with E-state index in [1.165, 1.54) is 13.8 Å². The van der Waals surface area contributed by atoms with E-state index < -0.39 is 11.4 Å². The van der Waals surface area contributed by atoms with E-state index in [0.29, 0.717) is 53.8 Å². The van der Waals surface area contributed by atoms with Crippen LogP contribution in [0.4, 0.5) is 5.69 Å². The molecule has 0 saturated carbocycles. The van der Waals surface area contributed by atoms with Gasteiger partial charge < -0.3 is 29.4 Å². The van der Waals surface area contributed by atoms with E-state index in [2.05, 4.69) is 32.0 Å². The van der Waals surface area contributed by atoms with E-state index in [0.717, 1.165) is 37.6 Å². The van der Waals surface area contributed by atoms with E-state index in [1.807, 2.05) is 12.1 Å². The lowest BCUT2D eigenvalue weighted by atomic mass is 9.90. The summed E-state index contributed by atoms with van der Waals surface area (Å²) < 4.78 is 11.5. The standard InChI is InChI=1S/C26H30ClN5O5/c1-26(2,24(34)35)23(33)32-9-7-18(8-10-32)37-25-28-20-15-19(27)21(29-22(20)30-25)16-3-5-17(6-4-16)31-11-13-36-14-12-31/h3-6,15,18H,7-14H2,1-2H3,(H,34,35)(H,28,29,30). The molecule has 0 atom stereocenters. The summed E-state index contributed by atoms with van der Waals surface area (Å²) in [5.41, 5.74) is 2.41. The number of rotatable bonds is 6. The molecule has 2 N–H and O–H groups in total. The number of ether oxygens (including phenoxy) is 2. The number of aromatic nitrogens is 3. The average Bonchev–Trinajstić information content (AvgIpc) is 3.29. The SMILES string of the molecule is CC(C)(C(=O)O)C(=O)N1CCC(Oc2nc3nc(-c4ccc(N5CCOCC5)cc4)c(Cl)cc3[nH]2)CC1. The summed E-state index contributed by atoms with van der Waals surface area (Å²) in [6.07, 6.45) is 1.00. The van der Waals surface area contributed by atoms with E-state index in [9.17, 15) is 14.7 Å². The fraction of sp³-hybridized carbons (Fsp3) is 0.462. The van der Waals surface area contributed by atoms with Crippen molar-refractivity contribution in [3.8, 4) is 17.3 Å². The number of carboxylic acids is 1. The molecule has 0 unspecified atom stereocenters. The van der Waals surface area contributed by atoms with Crippen LogP contribution in [0, 0.1) is 5.41 Å². The molecule has 2 saturated heterocycles. The molecule has 4 heterocycles. The molecule has 1 amide bonds. The van der Waals surface area contributed by atoms with Gasteiger partial charge in [0.05, 0.1) is 29.4 Å². The van der Waals surface area contributed by atoms with Crippen molar-refractivity contribution in [1.29, 1.82) is 0 Å². The minimum absolute atomic E-state index is 0.153. The largest absolute Gasteiger partial charge is 0.480 e. The number of morpholine rings is 1. The summed E-state index contributed by atoms with van der Waals surface area (Å²) >= 11 is 6.57. The molecule has 10 nitrogen and oxygen atoms in total. The number of H-pyrrole nitrogens is 1. The molecule has 11 heteroatoms. The van der Waals surface area contributed by atoms with Gasteiger partial charge in [-0.3, -0.25) is 9.59 Å². The number of piperidine rings is 1. The number of likely N-dealkylation sites (tertiary alicyclic amines) is 1. The Morgan fingerprint density at radius 3 is 2.43 bits per heavy atom. The first-order chi connectivity index (χ1) is 17.7. The second-order valence-corrected chi connectivity index (χ2v) is 10.3. The number of aliphatic carboxylic acids is 1. The van der Waals surface area contributed by atoms with Crippen LogP contribution in [-0.4, -0.2) is 82.3 Å². The Bertz CT molecular complexity index is 1290. The van der Waals surface area contributed by atoms with Crippen LogP contribution in [0.15, 0.2) is 30.3 Å². The molecule has 0 spiro atoms. The van der Waals surface area contributed by atoms with Crippen molar-refractivity contribution in [2.75, 3.05) is 44.3 Å². The zero-order valence-electron chi connectivity index (χ0n) is 20.9. The summed E-state index contributed by atoms with van der Waals surface area (Å²) in [5.74, 6) is -1.51. The average molecular weight is 528 g/mol. The molecular formula is C26H30ClN5O5. The van der Waals surface area contributed by atoms with Crippen molar-refractivity contribution < 1.29 is 24.2 Å². The minimum atomic E-state index is -1.45. The van der Waals surface area contributed by atoms with E-state index in [4.69, 9.17) is 21.1 Å². The zero-order valence-corrected chi connectivity index (χ0v) is 21.6. The Balaban J connectivity index is 1.25. The molecule has 1 aromatic carbocycles. The van der Waals surface area contributed by atoms with Crippen molar-refractivity contribution in [2.45, 2.75) is 32.8 Å². The summed E-state index contributed by atoms with van der Waals surface area (Å²) in [6.45, 7) is 6.92. The van der Waals surface area contributed by atoms with E-state index in [-0.39, 0.29) is 12.0 Å². The third-order valence-electron chi connectivity index (χ3n) is 7.00. The maximum absolute atomic E-state index is 12.6. The number of carbonyl (C=O) groups is 2. The van der Waals surface area contributed by atoms with Gasteiger partial charge in [0.1, 0.15) is 11.5 Å². The van der Waals surface area contributed by atoms with Crippen LogP contribution in [-0.2, 0) is 14.3 Å². The highest BCUT2D eigenvalue weighted by Crippen LogP contribution is 2.31. The van der Waals surface area contributed by atoms with Crippen LogP contribution in [0.25, 0.3) is 22.4 Å². The number of carboxylic acid groups (broad SMARTS) is 1. The predicted molar refractivity (Wildman–Crippen MR) is 139 cm³/mol. The van der Waals surface area contributed by atoms with Gasteiger partial charge in [-0.15, -0.1) is 0 Å². The molecule has 0 radical (unpaired) electrons. The first-order valence-electron chi connectivity index (χ1n) is 12.4. The lowest BCUT2D eigenvalue weighted by molar-refractivity contribution is -0.159. The van der Waals surface area contributed by atoms with E-state index in [1.54, 1.807) is 11.0 Å². The first-order valence-corrected chi connectivity index (χ1v) is 12.8. The highest BCUT2D eigenvalue weighted by molar-refractivity contribution is 6.33. The molecule has 2 fully saturated rings. The summed E-state index contributed by atoms with van der Waals surface area (Å²) in [7, 11) is 0. The van der Waals surface area contributed by atoms with Gasteiger partial charge in [-0.2, -0.15) is 4.98 Å². The molecule has 0 aliphatic carbocycles. The molecular weight excluding hydrogens is 498 g/mol. The van der Waals surface area contributed by atoms with Gasteiger partial charge in [-0.05, 0) is 32.0 Å². The van der Waals surface area contributed by atoms with E-state index >= 15 is 0 Å². The fourth-order valence-corrected chi connectivity index (χ4v) is 4.89. The number of benzene rings is 1. The normalized spacial score (nSPS) is 17.3. The number of amides is 1. The molecule has 2 aliphatic heterocycles. The Kier molecular flexibility index (Phi) is 6.96. The molecule has 3 aromatic rings. The van der Waals surface area contributed by atoms with Crippen molar-refractivity contribution in [3.05, 3.63) is 35.4 Å². The van der Waals surface area contributed by atoms with Crippen LogP contribution >= 0.6 is 11.6 Å². The van der Waals surface area contributed by atoms with Crippen LogP contribution in [0.2, 0.25) is 5.02 Å². The topological polar surface area (TPSA) is 121 Å². The smallest absolute Gasteiger partial charge is 0.318 e. The highest BCUT2D eigenvalue weighted by atomic mass is 35.5. The molecule has 5 rings (SSSR count). The molecule has 37 heavy (non-hydrogen) atoms. The number of halogens is 1. The second kappa shape index (κ2) is 10.2. The fourth-order valence-electron chi connectivity index (χ4n) is 4.63. The van der Waals surface area contributed by atoms with Gasteiger partial charge in [-0.25, -0.2) is 4.98 Å². The Labute approximate surface area is 219 Å². The third-order valence-corrected chi connectivity index (χ3v) is 7.29.